The third-order valence-corrected chi connectivity index (χ3v) is 3.18. The summed E-state index contributed by atoms with van der Waals surface area (Å²) in [6.45, 7) is 6.20. The minimum absolute atomic E-state index is 0.0256. The van der Waals surface area contributed by atoms with Gasteiger partial charge in [0.2, 0.25) is 5.78 Å². The zero-order valence-corrected chi connectivity index (χ0v) is 15.0. The van der Waals surface area contributed by atoms with E-state index in [-0.39, 0.29) is 35.8 Å². The summed E-state index contributed by atoms with van der Waals surface area (Å²) in [5.41, 5.74) is -0.164. The van der Waals surface area contributed by atoms with E-state index in [0.29, 0.717) is 6.54 Å². The summed E-state index contributed by atoms with van der Waals surface area (Å²) in [6.07, 6.45) is 2.13. The number of carbonyl (C=O) groups is 2. The van der Waals surface area contributed by atoms with Crippen LogP contribution in [0.15, 0.2) is 23.9 Å². The zero-order chi connectivity index (χ0) is 18.8. The molecule has 0 bridgehead atoms. The number of Topliss-reactive ketones (excluding diaryl/α,β-unsaturated/α-hetero) is 1. The Bertz CT molecular complexity index is 643. The molecule has 0 spiro atoms. The molecule has 0 saturated heterocycles. The lowest BCUT2D eigenvalue weighted by molar-refractivity contribution is -0.138. The van der Waals surface area contributed by atoms with Crippen LogP contribution in [0.4, 0.5) is 4.39 Å². The van der Waals surface area contributed by atoms with Gasteiger partial charge in [0, 0.05) is 12.7 Å². The molecule has 0 fully saturated rings. The van der Waals surface area contributed by atoms with Crippen LogP contribution in [0.1, 0.15) is 37.6 Å². The van der Waals surface area contributed by atoms with Crippen molar-refractivity contribution in [2.75, 3.05) is 26.9 Å². The number of carbonyl (C=O) groups excluding carboxylic acids is 2. The fraction of sp³-hybridized carbons (Fsp3) is 0.444. The van der Waals surface area contributed by atoms with Gasteiger partial charge in [-0.15, -0.1) is 0 Å². The van der Waals surface area contributed by atoms with Crippen LogP contribution in [0.3, 0.4) is 0 Å². The van der Waals surface area contributed by atoms with Gasteiger partial charge in [-0.25, -0.2) is 9.18 Å². The molecule has 0 atom stereocenters. The van der Waals surface area contributed by atoms with Gasteiger partial charge in [-0.2, -0.15) is 0 Å². The first-order chi connectivity index (χ1) is 12.0. The first-order valence-electron chi connectivity index (χ1n) is 8.16. The van der Waals surface area contributed by atoms with Gasteiger partial charge in [0.25, 0.3) is 0 Å². The second-order valence-electron chi connectivity index (χ2n) is 4.95. The molecule has 1 N–H and O–H groups in total. The number of hydrogen-bond acceptors (Lipinski definition) is 6. The predicted octanol–water partition coefficient (Wildman–Crippen LogP) is 2.86. The van der Waals surface area contributed by atoms with E-state index in [1.165, 1.54) is 19.4 Å². The van der Waals surface area contributed by atoms with Crippen molar-refractivity contribution in [3.63, 3.8) is 0 Å². The van der Waals surface area contributed by atoms with Crippen molar-refractivity contribution in [2.24, 2.45) is 0 Å². The molecule has 0 aliphatic rings. The molecule has 1 rings (SSSR count). The number of halogens is 1. The molecule has 0 heterocycles. The van der Waals surface area contributed by atoms with Crippen LogP contribution in [-0.2, 0) is 9.53 Å². The molecule has 1 aromatic carbocycles. The molecule has 0 unspecified atom stereocenters. The molecule has 1 aromatic rings. The highest BCUT2D eigenvalue weighted by Gasteiger charge is 2.27. The van der Waals surface area contributed by atoms with Crippen molar-refractivity contribution in [1.29, 1.82) is 0 Å². The minimum Gasteiger partial charge on any atom is -0.490 e. The number of ketones is 1. The largest absolute Gasteiger partial charge is 0.490 e. The van der Waals surface area contributed by atoms with E-state index in [0.717, 1.165) is 12.5 Å². The van der Waals surface area contributed by atoms with Crippen LogP contribution in [0.5, 0.6) is 11.5 Å². The summed E-state index contributed by atoms with van der Waals surface area (Å²) in [6, 6.07) is 2.36. The number of nitrogens with one attached hydrogen (secondary N) is 1. The van der Waals surface area contributed by atoms with Crippen molar-refractivity contribution in [1.82, 2.24) is 5.32 Å². The number of benzene rings is 1. The van der Waals surface area contributed by atoms with E-state index >= 15 is 0 Å². The molecular formula is C18H24FNO5. The Morgan fingerprint density at radius 2 is 1.88 bits per heavy atom. The molecule has 0 aromatic heterocycles. The number of rotatable bonds is 10. The smallest absolute Gasteiger partial charge is 0.343 e. The van der Waals surface area contributed by atoms with E-state index in [2.05, 4.69) is 5.32 Å². The average molecular weight is 353 g/mol. The Kier molecular flexibility index (Phi) is 8.46. The molecule has 0 radical (unpaired) electrons. The first kappa shape index (κ1) is 20.5. The van der Waals surface area contributed by atoms with Gasteiger partial charge >= 0.3 is 5.97 Å². The van der Waals surface area contributed by atoms with Gasteiger partial charge in [0.1, 0.15) is 5.57 Å². The van der Waals surface area contributed by atoms with Gasteiger partial charge < -0.3 is 19.5 Å². The van der Waals surface area contributed by atoms with Gasteiger partial charge in [0.15, 0.2) is 17.3 Å². The molecule has 138 valence electrons. The molecule has 25 heavy (non-hydrogen) atoms. The highest BCUT2D eigenvalue weighted by atomic mass is 19.1. The fourth-order valence-electron chi connectivity index (χ4n) is 2.08. The first-order valence-corrected chi connectivity index (χ1v) is 8.16. The lowest BCUT2D eigenvalue weighted by Crippen LogP contribution is -2.21. The molecule has 0 saturated carbocycles. The molecule has 0 aliphatic heterocycles. The summed E-state index contributed by atoms with van der Waals surface area (Å²) in [5.74, 6) is -2.28. The maximum absolute atomic E-state index is 13.9. The molecule has 0 aliphatic carbocycles. The van der Waals surface area contributed by atoms with Crippen molar-refractivity contribution in [3.8, 4) is 11.5 Å². The standard InChI is InChI=1S/C18H24FNO5/c1-5-10-20-11-13(18(22)25-7-3)15(21)12-8-9-14(19)17(23-4)16(12)24-6-2/h8-9,11,20H,5-7,10H2,1-4H3. The van der Waals surface area contributed by atoms with Crippen LogP contribution in [0.25, 0.3) is 0 Å². The van der Waals surface area contributed by atoms with Crippen LogP contribution >= 0.6 is 0 Å². The van der Waals surface area contributed by atoms with Crippen molar-refractivity contribution in [2.45, 2.75) is 27.2 Å². The summed E-state index contributed by atoms with van der Waals surface area (Å²) in [5, 5.41) is 2.89. The maximum atomic E-state index is 13.9. The lowest BCUT2D eigenvalue weighted by Gasteiger charge is -2.15. The number of methoxy groups -OCH3 is 1. The molecule has 0 amide bonds. The predicted molar refractivity (Wildman–Crippen MR) is 91.5 cm³/mol. The van der Waals surface area contributed by atoms with Crippen molar-refractivity contribution in [3.05, 3.63) is 35.3 Å². The number of hydrogen-bond donors (Lipinski definition) is 1. The summed E-state index contributed by atoms with van der Waals surface area (Å²) < 4.78 is 29.2. The average Bonchev–Trinajstić information content (AvgIpc) is 2.59. The van der Waals surface area contributed by atoms with Crippen molar-refractivity contribution >= 4 is 11.8 Å². The fourth-order valence-corrected chi connectivity index (χ4v) is 2.08. The van der Waals surface area contributed by atoms with Crippen LogP contribution in [0, 0.1) is 5.82 Å². The van der Waals surface area contributed by atoms with Gasteiger partial charge in [-0.05, 0) is 32.4 Å². The molecular weight excluding hydrogens is 329 g/mol. The maximum Gasteiger partial charge on any atom is 0.343 e. The lowest BCUT2D eigenvalue weighted by atomic mass is 10.0. The third kappa shape index (κ3) is 5.20. The highest BCUT2D eigenvalue weighted by Crippen LogP contribution is 2.35. The van der Waals surface area contributed by atoms with Crippen LogP contribution in [0.2, 0.25) is 0 Å². The Morgan fingerprint density at radius 1 is 1.16 bits per heavy atom. The van der Waals surface area contributed by atoms with Gasteiger partial charge in [-0.1, -0.05) is 6.92 Å². The molecule has 7 heteroatoms. The van der Waals surface area contributed by atoms with Crippen molar-refractivity contribution < 1.29 is 28.2 Å². The van der Waals surface area contributed by atoms with Crippen LogP contribution in [-0.4, -0.2) is 38.6 Å². The Morgan fingerprint density at radius 3 is 2.44 bits per heavy atom. The van der Waals surface area contributed by atoms with E-state index < -0.39 is 17.6 Å². The normalized spacial score (nSPS) is 11.0. The molecule has 6 nitrogen and oxygen atoms in total. The minimum atomic E-state index is -0.762. The third-order valence-electron chi connectivity index (χ3n) is 3.18. The summed E-state index contributed by atoms with van der Waals surface area (Å²) in [7, 11) is 1.28. The van der Waals surface area contributed by atoms with Crippen LogP contribution < -0.4 is 14.8 Å². The second-order valence-corrected chi connectivity index (χ2v) is 4.95. The topological polar surface area (TPSA) is 73.9 Å². The van der Waals surface area contributed by atoms with E-state index in [9.17, 15) is 14.0 Å². The zero-order valence-electron chi connectivity index (χ0n) is 15.0. The van der Waals surface area contributed by atoms with Gasteiger partial charge in [-0.3, -0.25) is 4.79 Å². The second kappa shape index (κ2) is 10.3. The van der Waals surface area contributed by atoms with E-state index in [1.54, 1.807) is 13.8 Å². The van der Waals surface area contributed by atoms with E-state index in [1.807, 2.05) is 6.92 Å². The number of esters is 1. The Balaban J connectivity index is 3.36. The summed E-state index contributed by atoms with van der Waals surface area (Å²) in [4.78, 5) is 25.0. The van der Waals surface area contributed by atoms with Gasteiger partial charge in [0.05, 0.1) is 25.9 Å². The Labute approximate surface area is 147 Å². The SMILES string of the molecule is CCCNC=C(C(=O)OCC)C(=O)c1ccc(F)c(OC)c1OCC. The number of ether oxygens (including phenoxy) is 3. The quantitative estimate of drug-likeness (QED) is 0.174. The monoisotopic (exact) mass is 353 g/mol. The van der Waals surface area contributed by atoms with E-state index in [4.69, 9.17) is 14.2 Å². The summed E-state index contributed by atoms with van der Waals surface area (Å²) >= 11 is 0. The Hall–Kier alpha value is -2.57. The highest BCUT2D eigenvalue weighted by molar-refractivity contribution is 6.25.